The van der Waals surface area contributed by atoms with Crippen LogP contribution in [0.3, 0.4) is 0 Å². The third-order valence-electron chi connectivity index (χ3n) is 0. The van der Waals surface area contributed by atoms with Crippen LogP contribution in [0.15, 0.2) is 0 Å². The number of rotatable bonds is 0. The van der Waals surface area contributed by atoms with Gasteiger partial charge in [-0.1, -0.05) is 0 Å². The third-order valence-corrected chi connectivity index (χ3v) is 0. The molecule has 0 heterocycles. The van der Waals surface area contributed by atoms with Gasteiger partial charge in [0.2, 0.25) is 0 Å². The van der Waals surface area contributed by atoms with E-state index in [9.17, 15) is 0 Å². The van der Waals surface area contributed by atoms with E-state index in [1.54, 1.807) is 0 Å². The summed E-state index contributed by atoms with van der Waals surface area (Å²) in [6.45, 7) is 0. The van der Waals surface area contributed by atoms with Gasteiger partial charge in [0.25, 0.3) is 0 Å². The quantitative estimate of drug-likeness (QED) is 0.374. The zero-order valence-corrected chi connectivity index (χ0v) is 7.96. The fraction of sp³-hybridized carbons (Fsp3) is 0. The van der Waals surface area contributed by atoms with Crippen LogP contribution in [0.5, 0.6) is 0 Å². The van der Waals surface area contributed by atoms with Crippen LogP contribution in [0.1, 0.15) is 2.85 Å². The average molecular weight is 186 g/mol. The molecular formula is H4KO4Se+. The van der Waals surface area contributed by atoms with Gasteiger partial charge in [-0.25, -0.2) is 0 Å². The second-order valence-electron chi connectivity index (χ2n) is 0.448. The Kier molecular flexibility index (Phi) is 6.46. The van der Waals surface area contributed by atoms with E-state index in [-0.39, 0.29) is 54.2 Å². The van der Waals surface area contributed by atoms with Crippen molar-refractivity contribution in [2.45, 2.75) is 0 Å². The molecule has 0 amide bonds. The van der Waals surface area contributed by atoms with E-state index in [0.29, 0.717) is 0 Å². The summed E-state index contributed by atoms with van der Waals surface area (Å²) in [4.78, 5) is 0. The Bertz CT molecular complexity index is 97.2. The minimum absolute atomic E-state index is 0. The van der Waals surface area contributed by atoms with Gasteiger partial charge in [0, 0.05) is 0 Å². The van der Waals surface area contributed by atoms with Gasteiger partial charge in [-0.2, -0.15) is 0 Å². The molecule has 0 unspecified atom stereocenters. The smallest absolute Gasteiger partial charge is 1.00 e. The van der Waals surface area contributed by atoms with Crippen molar-refractivity contribution in [2.24, 2.45) is 0 Å². The van der Waals surface area contributed by atoms with Crippen molar-refractivity contribution < 1.29 is 70.3 Å². The summed E-state index contributed by atoms with van der Waals surface area (Å²) in [5.74, 6) is 0. The molecule has 0 aromatic rings. The van der Waals surface area contributed by atoms with E-state index < -0.39 is 13.4 Å². The van der Waals surface area contributed by atoms with E-state index >= 15 is 0 Å². The Morgan fingerprint density at radius 1 is 1.50 bits per heavy atom. The van der Waals surface area contributed by atoms with Gasteiger partial charge in [0.1, 0.15) is 0 Å². The molecule has 0 saturated carbocycles. The Labute approximate surface area is 82.2 Å². The molecule has 0 radical (unpaired) electrons. The normalized spacial score (nSPS) is 9.67. The van der Waals surface area contributed by atoms with Gasteiger partial charge in [-0.3, -0.25) is 0 Å². The fourth-order valence-corrected chi connectivity index (χ4v) is 0. The van der Waals surface area contributed by atoms with Crippen LogP contribution in [0.2, 0.25) is 0 Å². The van der Waals surface area contributed by atoms with Crippen LogP contribution in [-0.4, -0.2) is 21.7 Å². The molecule has 0 aliphatic rings. The van der Waals surface area contributed by atoms with Crippen molar-refractivity contribution in [3.8, 4) is 0 Å². The molecule has 6 heteroatoms. The second kappa shape index (κ2) is 3.65. The van der Waals surface area contributed by atoms with E-state index in [1.807, 2.05) is 0 Å². The fourth-order valence-electron chi connectivity index (χ4n) is 0. The molecule has 0 saturated heterocycles. The van der Waals surface area contributed by atoms with Gasteiger partial charge < -0.3 is 1.43 Å². The van der Waals surface area contributed by atoms with Crippen molar-refractivity contribution >= 4 is 13.4 Å². The minimum atomic E-state index is -5.25. The zero-order valence-electron chi connectivity index (χ0n) is 5.12. The standard InChI is InChI=1S/K.H2O4Se.H/c;1-5(2,3)4;/h;(H2,1,2,3,4);/q+1;;-1/p+1. The molecular weight excluding hydrogens is 182 g/mol. The summed E-state index contributed by atoms with van der Waals surface area (Å²) in [7, 11) is 0. The molecule has 34 valence electrons. The molecule has 6 heavy (non-hydrogen) atoms. The summed E-state index contributed by atoms with van der Waals surface area (Å²) in [5, 5.41) is 0. The van der Waals surface area contributed by atoms with Crippen LogP contribution < -0.4 is 51.4 Å². The van der Waals surface area contributed by atoms with E-state index in [2.05, 4.69) is 0 Å². The maximum Gasteiger partial charge on any atom is 1.00 e. The second-order valence-corrected chi connectivity index (χ2v) is 2.33. The Morgan fingerprint density at radius 3 is 1.50 bits per heavy atom. The van der Waals surface area contributed by atoms with E-state index in [1.165, 1.54) is 0 Å². The summed E-state index contributed by atoms with van der Waals surface area (Å²) in [6.07, 6.45) is 0. The molecule has 0 rings (SSSR count). The minimum Gasteiger partial charge on any atom is -1.00 e. The third kappa shape index (κ3) is 44.2. The van der Waals surface area contributed by atoms with Gasteiger partial charge in [0.05, 0.1) is 0 Å². The van der Waals surface area contributed by atoms with Crippen molar-refractivity contribution in [3.63, 3.8) is 0 Å². The maximum atomic E-state index is 8.82. The Hall–Kier alpha value is 1.68. The molecule has 4 nitrogen and oxygen atoms in total. The SMILES string of the molecule is O=[Se](=O)(O)O.[H+].[H-].[K+]. The Balaban J connectivity index is -0.0000000267. The molecule has 2 N–H and O–H groups in total. The van der Waals surface area contributed by atoms with Crippen molar-refractivity contribution in [1.82, 2.24) is 0 Å². The Morgan fingerprint density at radius 2 is 1.50 bits per heavy atom. The number of hydrogen-bond donors (Lipinski definition) is 2. The van der Waals surface area contributed by atoms with E-state index in [0.717, 1.165) is 0 Å². The molecule has 0 aliphatic heterocycles. The first-order chi connectivity index (χ1) is 2.00. The van der Waals surface area contributed by atoms with E-state index in [4.69, 9.17) is 16.0 Å². The molecule has 0 fully saturated rings. The summed E-state index contributed by atoms with van der Waals surface area (Å²) in [6, 6.07) is 0. The molecule has 0 aliphatic carbocycles. The summed E-state index contributed by atoms with van der Waals surface area (Å²) >= 11 is -5.25. The molecule has 0 atom stereocenters. The van der Waals surface area contributed by atoms with Crippen LogP contribution in [0.25, 0.3) is 0 Å². The predicted molar refractivity (Wildman–Crippen MR) is 13.8 cm³/mol. The average Bonchev–Trinajstić information content (AvgIpc) is 0.722. The maximum absolute atomic E-state index is 8.82. The van der Waals surface area contributed by atoms with Gasteiger partial charge in [0.15, 0.2) is 0 Å². The summed E-state index contributed by atoms with van der Waals surface area (Å²) in [5.41, 5.74) is 0. The van der Waals surface area contributed by atoms with Crippen molar-refractivity contribution in [3.05, 3.63) is 0 Å². The molecule has 0 aromatic carbocycles. The molecule has 0 aromatic heterocycles. The van der Waals surface area contributed by atoms with Crippen LogP contribution in [0, 0.1) is 0 Å². The number of hydrogen-bond acceptors (Lipinski definition) is 2. The molecule has 0 spiro atoms. The molecule has 0 bridgehead atoms. The monoisotopic (exact) mass is 187 g/mol. The summed E-state index contributed by atoms with van der Waals surface area (Å²) < 4.78 is 31.9. The van der Waals surface area contributed by atoms with Crippen molar-refractivity contribution in [1.29, 1.82) is 0 Å². The largest absolute Gasteiger partial charge is 1.00 e. The van der Waals surface area contributed by atoms with Crippen molar-refractivity contribution in [2.75, 3.05) is 0 Å². The predicted octanol–water partition coefficient (Wildman–Crippen LogP) is -4.50. The first kappa shape index (κ1) is 10.6. The first-order valence-electron chi connectivity index (χ1n) is 0.698. The van der Waals surface area contributed by atoms with Gasteiger partial charge >= 0.3 is 82.2 Å². The van der Waals surface area contributed by atoms with Crippen LogP contribution >= 0.6 is 0 Å². The van der Waals surface area contributed by atoms with Gasteiger partial charge in [-0.05, 0) is 0 Å². The van der Waals surface area contributed by atoms with Gasteiger partial charge in [-0.15, -0.1) is 0 Å². The first-order valence-corrected chi connectivity index (χ1v) is 3.63. The zero-order chi connectivity index (χ0) is 4.50. The topological polar surface area (TPSA) is 74.6 Å². The van der Waals surface area contributed by atoms with Crippen LogP contribution in [0.4, 0.5) is 0 Å². The van der Waals surface area contributed by atoms with Crippen LogP contribution in [-0.2, 0) is 7.67 Å².